The van der Waals surface area contributed by atoms with Gasteiger partial charge in [-0.2, -0.15) is 4.98 Å². The number of esters is 1. The Balaban J connectivity index is 1.66. The molecule has 7 heteroatoms. The average Bonchev–Trinajstić information content (AvgIpc) is 2.92. The molecule has 0 amide bonds. The summed E-state index contributed by atoms with van der Waals surface area (Å²) in [5.74, 6) is 1.19. The summed E-state index contributed by atoms with van der Waals surface area (Å²) >= 11 is 5.78. The molecule has 1 heterocycles. The zero-order valence-corrected chi connectivity index (χ0v) is 13.2. The Morgan fingerprint density at radius 1 is 1.36 bits per heavy atom. The number of carbonyl (C=O) groups is 1. The number of aryl methyl sites for hydroxylation is 1. The van der Waals surface area contributed by atoms with Gasteiger partial charge in [-0.3, -0.25) is 4.79 Å². The van der Waals surface area contributed by atoms with E-state index in [2.05, 4.69) is 10.1 Å². The highest BCUT2D eigenvalue weighted by molar-refractivity contribution is 6.30. The van der Waals surface area contributed by atoms with Gasteiger partial charge in [0.15, 0.2) is 11.9 Å². The van der Waals surface area contributed by atoms with Crippen molar-refractivity contribution in [3.05, 3.63) is 41.0 Å². The van der Waals surface area contributed by atoms with E-state index >= 15 is 0 Å². The van der Waals surface area contributed by atoms with Crippen LogP contribution in [0.4, 0.5) is 0 Å². The van der Waals surface area contributed by atoms with Crippen molar-refractivity contribution < 1.29 is 18.8 Å². The smallest absolute Gasteiger partial charge is 0.306 e. The summed E-state index contributed by atoms with van der Waals surface area (Å²) in [6, 6.07) is 7.06. The predicted molar refractivity (Wildman–Crippen MR) is 79.7 cm³/mol. The largest absolute Gasteiger partial charge is 0.494 e. The molecule has 22 heavy (non-hydrogen) atoms. The van der Waals surface area contributed by atoms with E-state index in [0.717, 1.165) is 0 Å². The lowest BCUT2D eigenvalue weighted by atomic mass is 10.3. The summed E-state index contributed by atoms with van der Waals surface area (Å²) in [6.07, 6.45) is 0.258. The number of halogens is 1. The number of ether oxygens (including phenoxy) is 2. The molecule has 118 valence electrons. The number of hydrogen-bond acceptors (Lipinski definition) is 6. The third-order valence-electron chi connectivity index (χ3n) is 2.81. The van der Waals surface area contributed by atoms with E-state index in [1.54, 1.807) is 38.1 Å². The molecule has 2 rings (SSSR count). The minimum Gasteiger partial charge on any atom is -0.494 e. The van der Waals surface area contributed by atoms with Gasteiger partial charge < -0.3 is 14.0 Å². The molecule has 0 aliphatic rings. The van der Waals surface area contributed by atoms with Crippen LogP contribution in [0.15, 0.2) is 28.8 Å². The molecule has 0 bridgehead atoms. The number of aromatic nitrogens is 2. The molecule has 0 saturated heterocycles. The van der Waals surface area contributed by atoms with Crippen molar-refractivity contribution in [2.24, 2.45) is 0 Å². The van der Waals surface area contributed by atoms with Gasteiger partial charge in [0.05, 0.1) is 6.61 Å². The topological polar surface area (TPSA) is 74.5 Å². The fourth-order valence-corrected chi connectivity index (χ4v) is 1.85. The Morgan fingerprint density at radius 2 is 2.09 bits per heavy atom. The van der Waals surface area contributed by atoms with Crippen molar-refractivity contribution in [2.45, 2.75) is 32.8 Å². The molecule has 1 unspecified atom stereocenters. The summed E-state index contributed by atoms with van der Waals surface area (Å²) in [6.45, 7) is 3.81. The van der Waals surface area contributed by atoms with Crippen molar-refractivity contribution in [3.63, 3.8) is 0 Å². The van der Waals surface area contributed by atoms with E-state index in [0.29, 0.717) is 35.5 Å². The van der Waals surface area contributed by atoms with Gasteiger partial charge in [0.1, 0.15) is 5.75 Å². The van der Waals surface area contributed by atoms with Gasteiger partial charge in [-0.25, -0.2) is 0 Å². The molecule has 0 saturated carbocycles. The third-order valence-corrected chi connectivity index (χ3v) is 3.06. The molecule has 0 radical (unpaired) electrons. The van der Waals surface area contributed by atoms with Crippen LogP contribution in [-0.2, 0) is 9.53 Å². The number of hydrogen-bond donors (Lipinski definition) is 0. The number of carbonyl (C=O) groups excluding carboxylic acids is 1. The molecule has 6 nitrogen and oxygen atoms in total. The van der Waals surface area contributed by atoms with Crippen LogP contribution in [-0.4, -0.2) is 22.7 Å². The van der Waals surface area contributed by atoms with E-state index in [1.807, 2.05) is 0 Å². The van der Waals surface area contributed by atoms with Crippen LogP contribution >= 0.6 is 11.6 Å². The standard InChI is InChI=1S/C15H17ClN2O4/c1-10(15-17-11(2)18-22-15)21-14(19)4-3-9-20-13-7-5-12(16)6-8-13/h5-8,10H,3-4,9H2,1-2H3. The molecule has 0 aliphatic heterocycles. The highest BCUT2D eigenvalue weighted by atomic mass is 35.5. The molecule has 2 aromatic rings. The summed E-state index contributed by atoms with van der Waals surface area (Å²) in [5.41, 5.74) is 0. The van der Waals surface area contributed by atoms with Crippen LogP contribution < -0.4 is 4.74 Å². The highest BCUT2D eigenvalue weighted by Crippen LogP contribution is 2.17. The Hall–Kier alpha value is -2.08. The van der Waals surface area contributed by atoms with Gasteiger partial charge in [-0.1, -0.05) is 16.8 Å². The van der Waals surface area contributed by atoms with E-state index < -0.39 is 6.10 Å². The van der Waals surface area contributed by atoms with Crippen molar-refractivity contribution in [3.8, 4) is 5.75 Å². The lowest BCUT2D eigenvalue weighted by molar-refractivity contribution is -0.150. The van der Waals surface area contributed by atoms with E-state index in [9.17, 15) is 4.79 Å². The van der Waals surface area contributed by atoms with Gasteiger partial charge in [0.25, 0.3) is 5.89 Å². The summed E-state index contributed by atoms with van der Waals surface area (Å²) < 4.78 is 15.7. The second-order valence-electron chi connectivity index (χ2n) is 4.72. The molecule has 0 aliphatic carbocycles. The third kappa shape index (κ3) is 5.04. The Bertz CT molecular complexity index is 612. The maximum Gasteiger partial charge on any atom is 0.306 e. The second kappa shape index (κ2) is 7.79. The van der Waals surface area contributed by atoms with Crippen LogP contribution in [0.2, 0.25) is 5.02 Å². The lowest BCUT2D eigenvalue weighted by Crippen LogP contribution is -2.10. The Kier molecular flexibility index (Phi) is 5.77. The van der Waals surface area contributed by atoms with Gasteiger partial charge in [-0.15, -0.1) is 0 Å². The maximum absolute atomic E-state index is 11.7. The van der Waals surface area contributed by atoms with Gasteiger partial charge in [0, 0.05) is 11.4 Å². The fraction of sp³-hybridized carbons (Fsp3) is 0.400. The normalized spacial score (nSPS) is 12.0. The lowest BCUT2D eigenvalue weighted by Gasteiger charge is -2.09. The highest BCUT2D eigenvalue weighted by Gasteiger charge is 2.17. The van der Waals surface area contributed by atoms with E-state index in [4.69, 9.17) is 25.6 Å². The number of benzene rings is 1. The first-order valence-electron chi connectivity index (χ1n) is 6.92. The van der Waals surface area contributed by atoms with E-state index in [1.165, 1.54) is 0 Å². The summed E-state index contributed by atoms with van der Waals surface area (Å²) in [4.78, 5) is 15.7. The van der Waals surface area contributed by atoms with Crippen LogP contribution in [0.25, 0.3) is 0 Å². The number of nitrogens with zero attached hydrogens (tertiary/aromatic N) is 2. The van der Waals surface area contributed by atoms with Crippen LogP contribution in [0.5, 0.6) is 5.75 Å². The van der Waals surface area contributed by atoms with E-state index in [-0.39, 0.29) is 12.4 Å². The molecule has 1 aromatic heterocycles. The summed E-state index contributed by atoms with van der Waals surface area (Å²) in [5, 5.41) is 4.31. The molecule has 0 N–H and O–H groups in total. The van der Waals surface area contributed by atoms with Crippen molar-refractivity contribution in [1.82, 2.24) is 10.1 Å². The first-order chi connectivity index (χ1) is 10.5. The minimum absolute atomic E-state index is 0.255. The van der Waals surface area contributed by atoms with Gasteiger partial charge in [0.2, 0.25) is 0 Å². The molecule has 1 aromatic carbocycles. The average molecular weight is 325 g/mol. The summed E-state index contributed by atoms with van der Waals surface area (Å²) in [7, 11) is 0. The van der Waals surface area contributed by atoms with Gasteiger partial charge in [-0.05, 0) is 44.5 Å². The Labute approximate surface area is 133 Å². The van der Waals surface area contributed by atoms with Crippen molar-refractivity contribution in [2.75, 3.05) is 6.61 Å². The number of rotatable bonds is 7. The van der Waals surface area contributed by atoms with Crippen LogP contribution in [0.1, 0.15) is 37.6 Å². The van der Waals surface area contributed by atoms with Crippen molar-refractivity contribution in [1.29, 1.82) is 0 Å². The SMILES string of the molecule is Cc1noc(C(C)OC(=O)CCCOc2ccc(Cl)cc2)n1. The first kappa shape index (κ1) is 16.3. The predicted octanol–water partition coefficient (Wildman–Crippen LogP) is 3.49. The molecule has 0 spiro atoms. The maximum atomic E-state index is 11.7. The molecular formula is C15H17ClN2O4. The fourth-order valence-electron chi connectivity index (χ4n) is 1.72. The zero-order chi connectivity index (χ0) is 15.9. The minimum atomic E-state index is -0.550. The first-order valence-corrected chi connectivity index (χ1v) is 7.30. The van der Waals surface area contributed by atoms with Crippen LogP contribution in [0, 0.1) is 6.92 Å². The van der Waals surface area contributed by atoms with Gasteiger partial charge >= 0.3 is 5.97 Å². The monoisotopic (exact) mass is 324 g/mol. The Morgan fingerprint density at radius 3 is 2.73 bits per heavy atom. The molecule has 0 fully saturated rings. The van der Waals surface area contributed by atoms with Crippen LogP contribution in [0.3, 0.4) is 0 Å². The van der Waals surface area contributed by atoms with Crippen molar-refractivity contribution >= 4 is 17.6 Å². The quantitative estimate of drug-likeness (QED) is 0.573. The zero-order valence-electron chi connectivity index (χ0n) is 12.4. The molecular weight excluding hydrogens is 308 g/mol. The second-order valence-corrected chi connectivity index (χ2v) is 5.15. The molecule has 1 atom stereocenters.